The van der Waals surface area contributed by atoms with E-state index in [0.717, 1.165) is 5.56 Å². The molecule has 0 atom stereocenters. The molecular weight excluding hydrogens is 292 g/mol. The van der Waals surface area contributed by atoms with Gasteiger partial charge in [-0.2, -0.15) is 13.5 Å². The second-order valence-corrected chi connectivity index (χ2v) is 6.17. The van der Waals surface area contributed by atoms with Crippen molar-refractivity contribution in [3.05, 3.63) is 41.1 Å². The summed E-state index contributed by atoms with van der Waals surface area (Å²) >= 11 is 0. The summed E-state index contributed by atoms with van der Waals surface area (Å²) in [6.45, 7) is 2.24. The van der Waals surface area contributed by atoms with Gasteiger partial charge in [0.05, 0.1) is 6.61 Å². The Kier molecular flexibility index (Phi) is 4.61. The number of sulfonamides is 1. The van der Waals surface area contributed by atoms with E-state index in [1.807, 2.05) is 6.07 Å². The predicted octanol–water partition coefficient (Wildman–Crippen LogP) is 1.12. The van der Waals surface area contributed by atoms with Crippen molar-refractivity contribution in [1.29, 1.82) is 0 Å². The van der Waals surface area contributed by atoms with Gasteiger partial charge >= 0.3 is 0 Å². The van der Waals surface area contributed by atoms with Crippen LogP contribution in [0.5, 0.6) is 0 Å². The number of nitrogens with zero attached hydrogens (tertiary/aromatic N) is 1. The molecule has 4 N–H and O–H groups in total. The van der Waals surface area contributed by atoms with Crippen molar-refractivity contribution in [2.75, 3.05) is 11.8 Å². The van der Waals surface area contributed by atoms with Crippen LogP contribution in [0.1, 0.15) is 16.8 Å². The van der Waals surface area contributed by atoms with Crippen LogP contribution in [0.4, 0.5) is 5.69 Å². The molecule has 8 heteroatoms. The summed E-state index contributed by atoms with van der Waals surface area (Å²) in [5.74, 6) is 0. The standard InChI is InChI=1S/C13H18N4O3S/c1-9-12(7-14)13(16-15-9)21(18,19)17-11-5-3-4-10(6-11)8-20-2/h3-6,17H,7-8,14H2,1-2H3,(H,15,16). The Morgan fingerprint density at radius 3 is 2.86 bits per heavy atom. The second kappa shape index (κ2) is 6.25. The topological polar surface area (TPSA) is 110 Å². The Hall–Kier alpha value is -1.90. The largest absolute Gasteiger partial charge is 0.380 e. The van der Waals surface area contributed by atoms with Crippen molar-refractivity contribution in [3.8, 4) is 0 Å². The summed E-state index contributed by atoms with van der Waals surface area (Å²) in [5, 5.41) is 6.41. The third-order valence-corrected chi connectivity index (χ3v) is 4.34. The quantitative estimate of drug-likeness (QED) is 0.740. The first-order valence-electron chi connectivity index (χ1n) is 6.32. The van der Waals surface area contributed by atoms with E-state index in [-0.39, 0.29) is 11.6 Å². The van der Waals surface area contributed by atoms with Crippen LogP contribution in [0.25, 0.3) is 0 Å². The van der Waals surface area contributed by atoms with Crippen molar-refractivity contribution in [2.45, 2.75) is 25.1 Å². The molecule has 0 aliphatic rings. The molecule has 0 spiro atoms. The Bertz CT molecular complexity index is 725. The van der Waals surface area contributed by atoms with Gasteiger partial charge in [-0.3, -0.25) is 9.82 Å². The lowest BCUT2D eigenvalue weighted by Crippen LogP contribution is -2.16. The zero-order valence-corrected chi connectivity index (χ0v) is 12.7. The molecule has 114 valence electrons. The van der Waals surface area contributed by atoms with Gasteiger partial charge in [0.2, 0.25) is 5.03 Å². The maximum absolute atomic E-state index is 12.4. The first-order valence-corrected chi connectivity index (χ1v) is 7.81. The summed E-state index contributed by atoms with van der Waals surface area (Å²) < 4.78 is 32.3. The first-order chi connectivity index (χ1) is 9.97. The highest BCUT2D eigenvalue weighted by Gasteiger charge is 2.23. The summed E-state index contributed by atoms with van der Waals surface area (Å²) in [6, 6.07) is 6.98. The third kappa shape index (κ3) is 3.41. The van der Waals surface area contributed by atoms with E-state index < -0.39 is 10.0 Å². The molecule has 1 aromatic carbocycles. The van der Waals surface area contributed by atoms with Crippen LogP contribution in [-0.4, -0.2) is 25.7 Å². The molecule has 1 heterocycles. The SMILES string of the molecule is COCc1cccc(NS(=O)(=O)c2n[nH]c(C)c2CN)c1. The molecule has 0 aliphatic carbocycles. The molecule has 1 aromatic heterocycles. The number of hydrogen-bond acceptors (Lipinski definition) is 5. The number of aromatic nitrogens is 2. The average molecular weight is 310 g/mol. The Balaban J connectivity index is 2.31. The van der Waals surface area contributed by atoms with E-state index in [4.69, 9.17) is 10.5 Å². The van der Waals surface area contributed by atoms with Crippen molar-refractivity contribution in [3.63, 3.8) is 0 Å². The fourth-order valence-electron chi connectivity index (χ4n) is 1.99. The normalized spacial score (nSPS) is 11.6. The monoisotopic (exact) mass is 310 g/mol. The van der Waals surface area contributed by atoms with Crippen LogP contribution < -0.4 is 10.5 Å². The highest BCUT2D eigenvalue weighted by atomic mass is 32.2. The summed E-state index contributed by atoms with van der Waals surface area (Å²) in [6.07, 6.45) is 0. The fraction of sp³-hybridized carbons (Fsp3) is 0.308. The molecule has 0 radical (unpaired) electrons. The van der Waals surface area contributed by atoms with Gasteiger partial charge in [0, 0.05) is 30.6 Å². The van der Waals surface area contributed by atoms with Gasteiger partial charge < -0.3 is 10.5 Å². The lowest BCUT2D eigenvalue weighted by Gasteiger charge is -2.09. The summed E-state index contributed by atoms with van der Waals surface area (Å²) in [4.78, 5) is 0. The molecule has 0 fully saturated rings. The zero-order chi connectivity index (χ0) is 15.5. The van der Waals surface area contributed by atoms with Gasteiger partial charge in [0.1, 0.15) is 0 Å². The minimum Gasteiger partial charge on any atom is -0.380 e. The zero-order valence-electron chi connectivity index (χ0n) is 11.9. The van der Waals surface area contributed by atoms with Gasteiger partial charge in [0.25, 0.3) is 10.0 Å². The Morgan fingerprint density at radius 1 is 1.43 bits per heavy atom. The number of nitrogens with two attached hydrogens (primary N) is 1. The van der Waals surface area contributed by atoms with Gasteiger partial charge in [-0.05, 0) is 24.6 Å². The van der Waals surface area contributed by atoms with Gasteiger partial charge in [-0.25, -0.2) is 0 Å². The molecule has 0 saturated carbocycles. The number of H-pyrrole nitrogens is 1. The van der Waals surface area contributed by atoms with Crippen molar-refractivity contribution in [1.82, 2.24) is 10.2 Å². The van der Waals surface area contributed by atoms with Crippen LogP contribution in [-0.2, 0) is 27.9 Å². The smallest absolute Gasteiger partial charge is 0.281 e. The maximum atomic E-state index is 12.4. The van der Waals surface area contributed by atoms with Crippen LogP contribution >= 0.6 is 0 Å². The fourth-order valence-corrected chi connectivity index (χ4v) is 3.25. The van der Waals surface area contributed by atoms with Crippen LogP contribution in [0, 0.1) is 6.92 Å². The molecule has 0 bridgehead atoms. The van der Waals surface area contributed by atoms with E-state index >= 15 is 0 Å². The van der Waals surface area contributed by atoms with Gasteiger partial charge in [0.15, 0.2) is 0 Å². The first kappa shape index (κ1) is 15.5. The maximum Gasteiger partial charge on any atom is 0.281 e. The van der Waals surface area contributed by atoms with Crippen molar-refractivity contribution < 1.29 is 13.2 Å². The number of nitrogens with one attached hydrogen (secondary N) is 2. The number of methoxy groups -OCH3 is 1. The van der Waals surface area contributed by atoms with Gasteiger partial charge in [-0.1, -0.05) is 12.1 Å². The number of anilines is 1. The molecule has 0 unspecified atom stereocenters. The minimum atomic E-state index is -3.78. The molecule has 7 nitrogen and oxygen atoms in total. The second-order valence-electron chi connectivity index (χ2n) is 4.58. The molecule has 0 amide bonds. The minimum absolute atomic E-state index is 0.0698. The van der Waals surface area contributed by atoms with Crippen LogP contribution in [0.15, 0.2) is 29.3 Å². The molecular formula is C13H18N4O3S. The van der Waals surface area contributed by atoms with Crippen molar-refractivity contribution in [2.24, 2.45) is 5.73 Å². The predicted molar refractivity (Wildman–Crippen MR) is 79.2 cm³/mol. The van der Waals surface area contributed by atoms with Crippen molar-refractivity contribution >= 4 is 15.7 Å². The molecule has 2 rings (SSSR count). The summed E-state index contributed by atoms with van der Waals surface area (Å²) in [7, 11) is -2.20. The highest BCUT2D eigenvalue weighted by molar-refractivity contribution is 7.92. The van der Waals surface area contributed by atoms with E-state index in [2.05, 4.69) is 14.9 Å². The van der Waals surface area contributed by atoms with E-state index in [1.54, 1.807) is 32.2 Å². The van der Waals surface area contributed by atoms with E-state index in [9.17, 15) is 8.42 Å². The third-order valence-electron chi connectivity index (χ3n) is 2.98. The van der Waals surface area contributed by atoms with E-state index in [0.29, 0.717) is 23.6 Å². The van der Waals surface area contributed by atoms with Crippen LogP contribution in [0.3, 0.4) is 0 Å². The summed E-state index contributed by atoms with van der Waals surface area (Å²) in [5.41, 5.74) is 8.03. The molecule has 2 aromatic rings. The Labute approximate surface area is 123 Å². The average Bonchev–Trinajstić information content (AvgIpc) is 2.81. The van der Waals surface area contributed by atoms with Crippen LogP contribution in [0.2, 0.25) is 0 Å². The number of rotatable bonds is 6. The van der Waals surface area contributed by atoms with E-state index in [1.165, 1.54) is 0 Å². The highest BCUT2D eigenvalue weighted by Crippen LogP contribution is 2.20. The number of benzene rings is 1. The Morgan fingerprint density at radius 2 is 2.19 bits per heavy atom. The molecule has 21 heavy (non-hydrogen) atoms. The lowest BCUT2D eigenvalue weighted by atomic mass is 10.2. The number of aryl methyl sites for hydroxylation is 1. The number of ether oxygens (including phenoxy) is 1. The van der Waals surface area contributed by atoms with Gasteiger partial charge in [-0.15, -0.1) is 0 Å². The number of aromatic amines is 1. The molecule has 0 aliphatic heterocycles. The number of hydrogen-bond donors (Lipinski definition) is 3. The molecule has 0 saturated heterocycles. The lowest BCUT2D eigenvalue weighted by molar-refractivity contribution is 0.185.